The Labute approximate surface area is 103 Å². The molecule has 1 N–H and O–H groups in total. The Bertz CT molecular complexity index is 371. The molecule has 0 aliphatic rings. The molecule has 92 valence electrons. The molecule has 0 aliphatic carbocycles. The predicted molar refractivity (Wildman–Crippen MR) is 68.9 cm³/mol. The summed E-state index contributed by atoms with van der Waals surface area (Å²) in [7, 11) is 1.94. The van der Waals surface area contributed by atoms with Gasteiger partial charge >= 0.3 is 0 Å². The second-order valence-electron chi connectivity index (χ2n) is 4.05. The van der Waals surface area contributed by atoms with Gasteiger partial charge in [0.05, 0.1) is 12.7 Å². The Morgan fingerprint density at radius 3 is 2.94 bits per heavy atom. The van der Waals surface area contributed by atoms with Gasteiger partial charge in [-0.15, -0.1) is 0 Å². The number of hydrogen-bond donors (Lipinski definition) is 1. The number of rotatable bonds is 7. The fraction of sp³-hybridized carbons (Fsp3) is 0.500. The molecule has 0 bridgehead atoms. The normalized spacial score (nSPS) is 11.8. The zero-order chi connectivity index (χ0) is 12.5. The van der Waals surface area contributed by atoms with E-state index in [9.17, 15) is 0 Å². The number of hydrogen-bond acceptors (Lipinski definition) is 3. The molecule has 1 aromatic carbocycles. The van der Waals surface area contributed by atoms with Crippen molar-refractivity contribution in [2.24, 2.45) is 0 Å². The highest BCUT2D eigenvalue weighted by Crippen LogP contribution is 2.18. The largest absolute Gasteiger partial charge is 0.494 e. The van der Waals surface area contributed by atoms with E-state index < -0.39 is 0 Å². The molecule has 3 nitrogen and oxygen atoms in total. The van der Waals surface area contributed by atoms with Gasteiger partial charge in [0, 0.05) is 12.5 Å². The lowest BCUT2D eigenvalue weighted by Gasteiger charge is -2.12. The van der Waals surface area contributed by atoms with Gasteiger partial charge in [0.1, 0.15) is 5.75 Å². The minimum Gasteiger partial charge on any atom is -0.494 e. The van der Waals surface area contributed by atoms with E-state index in [1.165, 1.54) is 5.56 Å². The molecular formula is C14H20N2O. The van der Waals surface area contributed by atoms with Gasteiger partial charge in [-0.05, 0) is 44.5 Å². The second-order valence-corrected chi connectivity index (χ2v) is 4.05. The van der Waals surface area contributed by atoms with E-state index in [-0.39, 0.29) is 0 Å². The third-order valence-electron chi connectivity index (χ3n) is 2.74. The van der Waals surface area contributed by atoms with Crippen molar-refractivity contribution < 1.29 is 4.74 Å². The van der Waals surface area contributed by atoms with Crippen molar-refractivity contribution in [3.63, 3.8) is 0 Å². The SMILES string of the molecule is CNC(C)c1cccc(OCCCCC#N)c1. The lowest BCUT2D eigenvalue weighted by Crippen LogP contribution is -2.12. The van der Waals surface area contributed by atoms with Gasteiger partial charge in [0.25, 0.3) is 0 Å². The Balaban J connectivity index is 2.41. The van der Waals surface area contributed by atoms with Crippen molar-refractivity contribution in [2.45, 2.75) is 32.2 Å². The summed E-state index contributed by atoms with van der Waals surface area (Å²) in [4.78, 5) is 0. The van der Waals surface area contributed by atoms with Gasteiger partial charge in [-0.1, -0.05) is 12.1 Å². The summed E-state index contributed by atoms with van der Waals surface area (Å²) in [6.45, 7) is 2.80. The fourth-order valence-corrected chi connectivity index (χ4v) is 1.54. The van der Waals surface area contributed by atoms with Crippen LogP contribution in [0.15, 0.2) is 24.3 Å². The highest BCUT2D eigenvalue weighted by atomic mass is 16.5. The smallest absolute Gasteiger partial charge is 0.119 e. The van der Waals surface area contributed by atoms with Crippen molar-refractivity contribution >= 4 is 0 Å². The van der Waals surface area contributed by atoms with Gasteiger partial charge < -0.3 is 10.1 Å². The van der Waals surface area contributed by atoms with Crippen LogP contribution < -0.4 is 10.1 Å². The first-order chi connectivity index (χ1) is 8.27. The summed E-state index contributed by atoms with van der Waals surface area (Å²) < 4.78 is 5.65. The van der Waals surface area contributed by atoms with Crippen molar-refractivity contribution in [2.75, 3.05) is 13.7 Å². The third kappa shape index (κ3) is 4.88. The summed E-state index contributed by atoms with van der Waals surface area (Å²) in [5, 5.41) is 11.6. The number of nitrogens with zero attached hydrogens (tertiary/aromatic N) is 1. The summed E-state index contributed by atoms with van der Waals surface area (Å²) in [6.07, 6.45) is 2.45. The van der Waals surface area contributed by atoms with Crippen LogP contribution in [0.5, 0.6) is 5.75 Å². The van der Waals surface area contributed by atoms with Crippen molar-refractivity contribution in [3.05, 3.63) is 29.8 Å². The molecule has 17 heavy (non-hydrogen) atoms. The molecule has 0 aromatic heterocycles. The molecular weight excluding hydrogens is 212 g/mol. The molecule has 0 aliphatic heterocycles. The zero-order valence-electron chi connectivity index (χ0n) is 10.6. The molecule has 0 fully saturated rings. The first-order valence-corrected chi connectivity index (χ1v) is 6.05. The number of nitriles is 1. The van der Waals surface area contributed by atoms with Crippen LogP contribution in [0.3, 0.4) is 0 Å². The maximum absolute atomic E-state index is 8.41. The number of benzene rings is 1. The predicted octanol–water partition coefficient (Wildman–Crippen LogP) is 3.04. The van der Waals surface area contributed by atoms with Crippen molar-refractivity contribution in [3.8, 4) is 11.8 Å². The van der Waals surface area contributed by atoms with Crippen molar-refractivity contribution in [1.82, 2.24) is 5.32 Å². The molecule has 1 atom stereocenters. The van der Waals surface area contributed by atoms with Crippen LogP contribution in [0.1, 0.15) is 37.8 Å². The molecule has 1 rings (SSSR count). The van der Waals surface area contributed by atoms with E-state index in [1.807, 2.05) is 19.2 Å². The number of unbranched alkanes of at least 4 members (excludes halogenated alkanes) is 2. The average Bonchev–Trinajstić information content (AvgIpc) is 2.38. The number of nitrogens with one attached hydrogen (secondary N) is 1. The summed E-state index contributed by atoms with van der Waals surface area (Å²) in [5.74, 6) is 0.904. The third-order valence-corrected chi connectivity index (χ3v) is 2.74. The van der Waals surface area contributed by atoms with Gasteiger partial charge in [0.15, 0.2) is 0 Å². The van der Waals surface area contributed by atoms with E-state index in [2.05, 4.69) is 30.4 Å². The summed E-state index contributed by atoms with van der Waals surface area (Å²) in [5.41, 5.74) is 1.22. The van der Waals surface area contributed by atoms with Crippen LogP contribution >= 0.6 is 0 Å². The molecule has 1 aromatic rings. The maximum atomic E-state index is 8.41. The van der Waals surface area contributed by atoms with E-state index in [0.717, 1.165) is 18.6 Å². The number of ether oxygens (including phenoxy) is 1. The van der Waals surface area contributed by atoms with Gasteiger partial charge in [-0.3, -0.25) is 0 Å². The Morgan fingerprint density at radius 1 is 1.41 bits per heavy atom. The maximum Gasteiger partial charge on any atom is 0.119 e. The van der Waals surface area contributed by atoms with E-state index in [0.29, 0.717) is 19.1 Å². The highest BCUT2D eigenvalue weighted by molar-refractivity contribution is 5.30. The summed E-state index contributed by atoms with van der Waals surface area (Å²) in [6, 6.07) is 10.6. The van der Waals surface area contributed by atoms with Crippen LogP contribution in [-0.2, 0) is 0 Å². The standard InChI is InChI=1S/C14H20N2O/c1-12(16-2)13-7-6-8-14(11-13)17-10-5-3-4-9-15/h6-8,11-12,16H,3-5,10H2,1-2H3. The molecule has 3 heteroatoms. The van der Waals surface area contributed by atoms with Gasteiger partial charge in [0.2, 0.25) is 0 Å². The van der Waals surface area contributed by atoms with Crippen LogP contribution in [0.25, 0.3) is 0 Å². The Morgan fingerprint density at radius 2 is 2.24 bits per heavy atom. The molecule has 0 heterocycles. The van der Waals surface area contributed by atoms with E-state index >= 15 is 0 Å². The first-order valence-electron chi connectivity index (χ1n) is 6.05. The zero-order valence-corrected chi connectivity index (χ0v) is 10.6. The van der Waals surface area contributed by atoms with Crippen LogP contribution in [-0.4, -0.2) is 13.7 Å². The van der Waals surface area contributed by atoms with Gasteiger partial charge in [-0.2, -0.15) is 5.26 Å². The van der Waals surface area contributed by atoms with E-state index in [4.69, 9.17) is 10.00 Å². The van der Waals surface area contributed by atoms with E-state index in [1.54, 1.807) is 0 Å². The minimum atomic E-state index is 0.331. The Kier molecular flexibility index (Phi) is 6.13. The molecule has 0 amide bonds. The minimum absolute atomic E-state index is 0.331. The van der Waals surface area contributed by atoms with Crippen molar-refractivity contribution in [1.29, 1.82) is 5.26 Å². The van der Waals surface area contributed by atoms with Crippen LogP contribution in [0, 0.1) is 11.3 Å². The Hall–Kier alpha value is -1.53. The lowest BCUT2D eigenvalue weighted by molar-refractivity contribution is 0.307. The quantitative estimate of drug-likeness (QED) is 0.735. The topological polar surface area (TPSA) is 45.0 Å². The molecule has 0 saturated heterocycles. The first kappa shape index (κ1) is 13.5. The summed E-state index contributed by atoms with van der Waals surface area (Å²) >= 11 is 0. The van der Waals surface area contributed by atoms with Crippen LogP contribution in [0.4, 0.5) is 0 Å². The molecule has 0 spiro atoms. The second kappa shape index (κ2) is 7.70. The lowest BCUT2D eigenvalue weighted by atomic mass is 10.1. The fourth-order valence-electron chi connectivity index (χ4n) is 1.54. The molecule has 1 unspecified atom stereocenters. The highest BCUT2D eigenvalue weighted by Gasteiger charge is 2.03. The molecule has 0 radical (unpaired) electrons. The monoisotopic (exact) mass is 232 g/mol. The van der Waals surface area contributed by atoms with Gasteiger partial charge in [-0.25, -0.2) is 0 Å². The van der Waals surface area contributed by atoms with Crippen LogP contribution in [0.2, 0.25) is 0 Å². The average molecular weight is 232 g/mol. The molecule has 0 saturated carbocycles.